The zero-order valence-corrected chi connectivity index (χ0v) is 13.7. The summed E-state index contributed by atoms with van der Waals surface area (Å²) in [7, 11) is 0. The molecule has 1 rings (SSSR count). The van der Waals surface area contributed by atoms with E-state index in [1.807, 2.05) is 6.92 Å². The predicted molar refractivity (Wildman–Crippen MR) is 87.9 cm³/mol. The van der Waals surface area contributed by atoms with E-state index >= 15 is 0 Å². The molecule has 0 bridgehead atoms. The Morgan fingerprint density at radius 3 is 2.10 bits per heavy atom. The quantitative estimate of drug-likeness (QED) is 0.490. The van der Waals surface area contributed by atoms with Crippen molar-refractivity contribution >= 4 is 0 Å². The van der Waals surface area contributed by atoms with Gasteiger partial charge in [0.15, 0.2) is 0 Å². The maximum atomic E-state index is 13.0. The molecular formula is C19H31FO. The molecule has 0 aromatic heterocycles. The number of hydrogen-bond donors (Lipinski definition) is 1. The molecule has 21 heavy (non-hydrogen) atoms. The van der Waals surface area contributed by atoms with Crippen LogP contribution in [-0.4, -0.2) is 5.11 Å². The van der Waals surface area contributed by atoms with Gasteiger partial charge in [-0.15, -0.1) is 0 Å². The Morgan fingerprint density at radius 2 is 1.52 bits per heavy atom. The first-order valence-electron chi connectivity index (χ1n) is 8.59. The Kier molecular flexibility index (Phi) is 9.32. The molecule has 0 heterocycles. The van der Waals surface area contributed by atoms with Gasteiger partial charge < -0.3 is 5.11 Å². The van der Waals surface area contributed by atoms with Crippen LogP contribution in [0, 0.1) is 12.7 Å². The number of rotatable bonds is 11. The predicted octanol–water partition coefficient (Wildman–Crippen LogP) is 6.09. The van der Waals surface area contributed by atoms with Crippen LogP contribution in [0.3, 0.4) is 0 Å². The van der Waals surface area contributed by atoms with Crippen molar-refractivity contribution < 1.29 is 9.50 Å². The molecule has 0 aliphatic carbocycles. The van der Waals surface area contributed by atoms with E-state index in [1.165, 1.54) is 63.5 Å². The number of aryl methyl sites for hydroxylation is 1. The molecule has 120 valence electrons. The van der Waals surface area contributed by atoms with E-state index in [9.17, 15) is 9.50 Å². The average molecular weight is 294 g/mol. The summed E-state index contributed by atoms with van der Waals surface area (Å²) in [6.07, 6.45) is 11.9. The maximum Gasteiger partial charge on any atom is 0.123 e. The van der Waals surface area contributed by atoms with Gasteiger partial charge >= 0.3 is 0 Å². The second-order valence-electron chi connectivity index (χ2n) is 6.13. The van der Waals surface area contributed by atoms with Gasteiger partial charge in [-0.3, -0.25) is 0 Å². The molecular weight excluding hydrogens is 263 g/mol. The number of hydrogen-bond acceptors (Lipinski definition) is 1. The lowest BCUT2D eigenvalue weighted by Gasteiger charge is -2.13. The molecule has 1 unspecified atom stereocenters. The molecule has 0 radical (unpaired) electrons. The van der Waals surface area contributed by atoms with Crippen LogP contribution in [0.1, 0.15) is 88.4 Å². The summed E-state index contributed by atoms with van der Waals surface area (Å²) >= 11 is 0. The van der Waals surface area contributed by atoms with Gasteiger partial charge in [-0.1, -0.05) is 70.8 Å². The largest absolute Gasteiger partial charge is 0.388 e. The third-order valence-corrected chi connectivity index (χ3v) is 4.17. The van der Waals surface area contributed by atoms with E-state index < -0.39 is 6.10 Å². The van der Waals surface area contributed by atoms with Crippen molar-refractivity contribution in [1.82, 2.24) is 0 Å². The van der Waals surface area contributed by atoms with E-state index in [-0.39, 0.29) is 5.82 Å². The molecule has 1 atom stereocenters. The lowest BCUT2D eigenvalue weighted by atomic mass is 9.98. The van der Waals surface area contributed by atoms with E-state index in [4.69, 9.17) is 0 Å². The van der Waals surface area contributed by atoms with Crippen molar-refractivity contribution in [3.8, 4) is 0 Å². The first-order valence-corrected chi connectivity index (χ1v) is 8.59. The molecule has 1 N–H and O–H groups in total. The van der Waals surface area contributed by atoms with Crippen LogP contribution in [0.2, 0.25) is 0 Å². The number of aliphatic hydroxyl groups is 1. The van der Waals surface area contributed by atoms with Crippen molar-refractivity contribution in [2.45, 2.75) is 84.2 Å². The normalized spacial score (nSPS) is 12.6. The molecule has 1 nitrogen and oxygen atoms in total. The second kappa shape index (κ2) is 10.8. The van der Waals surface area contributed by atoms with Crippen molar-refractivity contribution in [3.63, 3.8) is 0 Å². The van der Waals surface area contributed by atoms with Gasteiger partial charge in [0.2, 0.25) is 0 Å². The Bertz CT molecular complexity index is 389. The average Bonchev–Trinajstić information content (AvgIpc) is 2.45. The van der Waals surface area contributed by atoms with Gasteiger partial charge in [-0.2, -0.15) is 0 Å². The molecule has 0 fully saturated rings. The summed E-state index contributed by atoms with van der Waals surface area (Å²) in [4.78, 5) is 0. The minimum Gasteiger partial charge on any atom is -0.388 e. The molecule has 0 saturated heterocycles. The first kappa shape index (κ1) is 18.2. The molecule has 1 aromatic carbocycles. The monoisotopic (exact) mass is 294 g/mol. The van der Waals surface area contributed by atoms with Crippen LogP contribution in [0.5, 0.6) is 0 Å². The summed E-state index contributed by atoms with van der Waals surface area (Å²) in [6.45, 7) is 4.10. The zero-order valence-electron chi connectivity index (χ0n) is 13.7. The molecule has 0 aliphatic rings. The van der Waals surface area contributed by atoms with Gasteiger partial charge in [0.1, 0.15) is 5.82 Å². The molecule has 0 spiro atoms. The van der Waals surface area contributed by atoms with Crippen LogP contribution < -0.4 is 0 Å². The Hall–Kier alpha value is -0.890. The van der Waals surface area contributed by atoms with Crippen molar-refractivity contribution in [2.24, 2.45) is 0 Å². The summed E-state index contributed by atoms with van der Waals surface area (Å²) in [5, 5.41) is 10.2. The van der Waals surface area contributed by atoms with Crippen LogP contribution in [0.25, 0.3) is 0 Å². The SMILES string of the molecule is CCCCCCCCCCCC(O)c1ccc(F)cc1C. The van der Waals surface area contributed by atoms with Crippen LogP contribution >= 0.6 is 0 Å². The fourth-order valence-electron chi connectivity index (χ4n) is 2.82. The van der Waals surface area contributed by atoms with E-state index in [2.05, 4.69) is 6.92 Å². The maximum absolute atomic E-state index is 13.0. The van der Waals surface area contributed by atoms with E-state index in [1.54, 1.807) is 6.07 Å². The summed E-state index contributed by atoms with van der Waals surface area (Å²) in [5.41, 5.74) is 1.72. The third-order valence-electron chi connectivity index (χ3n) is 4.17. The smallest absolute Gasteiger partial charge is 0.123 e. The van der Waals surface area contributed by atoms with Crippen LogP contribution in [0.15, 0.2) is 18.2 Å². The van der Waals surface area contributed by atoms with Crippen molar-refractivity contribution in [1.29, 1.82) is 0 Å². The number of halogens is 1. The first-order chi connectivity index (χ1) is 10.1. The number of aliphatic hydroxyl groups excluding tert-OH is 1. The Morgan fingerprint density at radius 1 is 0.952 bits per heavy atom. The molecule has 0 saturated carbocycles. The van der Waals surface area contributed by atoms with Gasteiger partial charge in [-0.25, -0.2) is 4.39 Å². The minimum absolute atomic E-state index is 0.230. The van der Waals surface area contributed by atoms with Gasteiger partial charge in [-0.05, 0) is 36.6 Å². The highest BCUT2D eigenvalue weighted by molar-refractivity contribution is 5.28. The summed E-state index contributed by atoms with van der Waals surface area (Å²) in [5.74, 6) is -0.230. The Labute approximate surface area is 129 Å². The highest BCUT2D eigenvalue weighted by Gasteiger charge is 2.10. The van der Waals surface area contributed by atoms with Gasteiger partial charge in [0, 0.05) is 0 Å². The Balaban J connectivity index is 2.09. The third kappa shape index (κ3) is 7.61. The van der Waals surface area contributed by atoms with E-state index in [0.717, 1.165) is 24.0 Å². The zero-order chi connectivity index (χ0) is 15.5. The second-order valence-corrected chi connectivity index (χ2v) is 6.13. The van der Waals surface area contributed by atoms with Gasteiger partial charge in [0.05, 0.1) is 6.10 Å². The van der Waals surface area contributed by atoms with Crippen molar-refractivity contribution in [2.75, 3.05) is 0 Å². The van der Waals surface area contributed by atoms with Crippen LogP contribution in [0.4, 0.5) is 4.39 Å². The number of unbranched alkanes of at least 4 members (excludes halogenated alkanes) is 8. The lowest BCUT2D eigenvalue weighted by Crippen LogP contribution is -2.00. The number of benzene rings is 1. The highest BCUT2D eigenvalue weighted by Crippen LogP contribution is 2.23. The minimum atomic E-state index is -0.449. The molecule has 0 aliphatic heterocycles. The topological polar surface area (TPSA) is 20.2 Å². The van der Waals surface area contributed by atoms with E-state index in [0.29, 0.717) is 0 Å². The summed E-state index contributed by atoms with van der Waals surface area (Å²) in [6, 6.07) is 4.64. The van der Waals surface area contributed by atoms with Crippen molar-refractivity contribution in [3.05, 3.63) is 35.1 Å². The van der Waals surface area contributed by atoms with Gasteiger partial charge in [0.25, 0.3) is 0 Å². The molecule has 1 aromatic rings. The lowest BCUT2D eigenvalue weighted by molar-refractivity contribution is 0.162. The fourth-order valence-corrected chi connectivity index (χ4v) is 2.82. The van der Waals surface area contributed by atoms with Crippen LogP contribution in [-0.2, 0) is 0 Å². The molecule has 0 amide bonds. The molecule has 2 heteroatoms. The highest BCUT2D eigenvalue weighted by atomic mass is 19.1. The standard InChI is InChI=1S/C19H31FO/c1-3-4-5-6-7-8-9-10-11-12-19(21)18-14-13-17(20)15-16(18)2/h13-15,19,21H,3-12H2,1-2H3. The fraction of sp³-hybridized carbons (Fsp3) is 0.684. The summed E-state index contributed by atoms with van der Waals surface area (Å²) < 4.78 is 13.0.